The Bertz CT molecular complexity index is 1350. The molecule has 3 aromatic heterocycles. The monoisotopic (exact) mass is 448 g/mol. The third-order valence-corrected chi connectivity index (χ3v) is 7.57. The predicted molar refractivity (Wildman–Crippen MR) is 118 cm³/mol. The highest BCUT2D eigenvalue weighted by atomic mass is 32.2. The molecule has 0 unspecified atom stereocenters. The van der Waals surface area contributed by atoms with Gasteiger partial charge in [-0.25, -0.2) is 13.4 Å². The van der Waals surface area contributed by atoms with Gasteiger partial charge in [0.15, 0.2) is 15.0 Å². The number of aromatic nitrogens is 3. The Labute approximate surface area is 176 Å². The van der Waals surface area contributed by atoms with Crippen molar-refractivity contribution in [3.8, 4) is 0 Å². The molecule has 0 bridgehead atoms. The number of thiazole rings is 1. The van der Waals surface area contributed by atoms with Crippen molar-refractivity contribution in [1.82, 2.24) is 14.8 Å². The normalized spacial score (nSPS) is 12.3. The molecule has 0 saturated heterocycles. The van der Waals surface area contributed by atoms with Crippen molar-refractivity contribution in [2.75, 3.05) is 11.6 Å². The van der Waals surface area contributed by atoms with Crippen LogP contribution in [-0.2, 0) is 16.4 Å². The summed E-state index contributed by atoms with van der Waals surface area (Å²) in [7, 11) is -3.29. The molecule has 29 heavy (non-hydrogen) atoms. The minimum atomic E-state index is -3.29. The molecule has 1 amide bonds. The van der Waals surface area contributed by atoms with E-state index in [0.29, 0.717) is 26.1 Å². The number of amides is 1. The number of hydrogen-bond acceptors (Lipinski definition) is 7. The number of carbonyl (C=O) groups excluding carboxylic acids is 1. The van der Waals surface area contributed by atoms with E-state index in [0.717, 1.165) is 22.5 Å². The molecule has 0 aliphatic heterocycles. The standard InChI is InChI=1S/C19H20N4O3S3/c1-10(2)9-23-18-13(11(3)22-23)8-16(27-18)17(24)21-19-20-14-6-5-12(29(4,25)26)7-15(14)28-19/h5-8,10H,9H2,1-4H3,(H,20,21,24). The van der Waals surface area contributed by atoms with Crippen LogP contribution in [0.5, 0.6) is 0 Å². The molecular weight excluding hydrogens is 428 g/mol. The van der Waals surface area contributed by atoms with E-state index in [-0.39, 0.29) is 10.8 Å². The van der Waals surface area contributed by atoms with Crippen LogP contribution in [0.1, 0.15) is 29.2 Å². The Kier molecular flexibility index (Phi) is 4.96. The maximum atomic E-state index is 12.8. The largest absolute Gasteiger partial charge is 0.297 e. The van der Waals surface area contributed by atoms with Crippen LogP contribution in [0, 0.1) is 12.8 Å². The number of benzene rings is 1. The number of carbonyl (C=O) groups is 1. The lowest BCUT2D eigenvalue weighted by Gasteiger charge is -2.04. The third-order valence-electron chi connectivity index (χ3n) is 4.38. The van der Waals surface area contributed by atoms with Crippen LogP contribution in [0.25, 0.3) is 20.4 Å². The minimum absolute atomic E-state index is 0.232. The summed E-state index contributed by atoms with van der Waals surface area (Å²) in [4.78, 5) is 19.0. The summed E-state index contributed by atoms with van der Waals surface area (Å²) in [5.41, 5.74) is 1.56. The van der Waals surface area contributed by atoms with Crippen LogP contribution in [0.3, 0.4) is 0 Å². The second-order valence-corrected chi connectivity index (χ2v) is 11.4. The number of aryl methyl sites for hydroxylation is 1. The molecule has 10 heteroatoms. The van der Waals surface area contributed by atoms with E-state index in [1.165, 1.54) is 35.0 Å². The maximum absolute atomic E-state index is 12.8. The van der Waals surface area contributed by atoms with Gasteiger partial charge in [-0.3, -0.25) is 14.8 Å². The van der Waals surface area contributed by atoms with Gasteiger partial charge in [0.25, 0.3) is 5.91 Å². The molecule has 0 saturated carbocycles. The molecule has 4 aromatic rings. The third kappa shape index (κ3) is 3.92. The Hall–Kier alpha value is -2.30. The lowest BCUT2D eigenvalue weighted by Crippen LogP contribution is -2.10. The van der Waals surface area contributed by atoms with Crippen LogP contribution in [0.15, 0.2) is 29.2 Å². The number of rotatable bonds is 5. The molecule has 0 fully saturated rings. The van der Waals surface area contributed by atoms with Gasteiger partial charge in [0.1, 0.15) is 4.83 Å². The molecule has 0 radical (unpaired) electrons. The van der Waals surface area contributed by atoms with Crippen LogP contribution < -0.4 is 5.32 Å². The van der Waals surface area contributed by atoms with E-state index in [9.17, 15) is 13.2 Å². The SMILES string of the molecule is Cc1nn(CC(C)C)c2sc(C(=O)Nc3nc4ccc(S(C)(=O)=O)cc4s3)cc12. The number of nitrogens with zero attached hydrogens (tertiary/aromatic N) is 3. The number of hydrogen-bond donors (Lipinski definition) is 1. The summed E-state index contributed by atoms with van der Waals surface area (Å²) in [6.07, 6.45) is 1.17. The van der Waals surface area contributed by atoms with Crippen molar-refractivity contribution in [3.63, 3.8) is 0 Å². The second-order valence-electron chi connectivity index (χ2n) is 7.37. The zero-order chi connectivity index (χ0) is 20.9. The first-order chi connectivity index (χ1) is 13.6. The van der Waals surface area contributed by atoms with Gasteiger partial charge in [0.2, 0.25) is 0 Å². The molecule has 0 aliphatic rings. The van der Waals surface area contributed by atoms with Gasteiger partial charge in [-0.15, -0.1) is 11.3 Å². The highest BCUT2D eigenvalue weighted by Gasteiger charge is 2.18. The molecule has 1 N–H and O–H groups in total. The molecule has 0 atom stereocenters. The van der Waals surface area contributed by atoms with E-state index in [1.807, 2.05) is 17.7 Å². The van der Waals surface area contributed by atoms with Gasteiger partial charge >= 0.3 is 0 Å². The van der Waals surface area contributed by atoms with Crippen LogP contribution in [-0.4, -0.2) is 35.3 Å². The number of anilines is 1. The van der Waals surface area contributed by atoms with Gasteiger partial charge in [0, 0.05) is 18.2 Å². The van der Waals surface area contributed by atoms with Crippen LogP contribution in [0.4, 0.5) is 5.13 Å². The molecule has 152 valence electrons. The molecule has 0 aliphatic carbocycles. The van der Waals surface area contributed by atoms with Crippen LogP contribution >= 0.6 is 22.7 Å². The molecule has 1 aromatic carbocycles. The average molecular weight is 449 g/mol. The molecular formula is C19H20N4O3S3. The van der Waals surface area contributed by atoms with Crippen molar-refractivity contribution >= 4 is 64.0 Å². The van der Waals surface area contributed by atoms with Gasteiger partial charge in [0.05, 0.1) is 25.7 Å². The lowest BCUT2D eigenvalue weighted by atomic mass is 10.2. The predicted octanol–water partition coefficient (Wildman–Crippen LogP) is 4.33. The Morgan fingerprint density at radius 1 is 1.24 bits per heavy atom. The molecule has 0 spiro atoms. The smallest absolute Gasteiger partial charge is 0.267 e. The summed E-state index contributed by atoms with van der Waals surface area (Å²) in [6, 6.07) is 6.63. The summed E-state index contributed by atoms with van der Waals surface area (Å²) in [5.74, 6) is 0.223. The van der Waals surface area contributed by atoms with Crippen molar-refractivity contribution in [2.24, 2.45) is 5.92 Å². The quantitative estimate of drug-likeness (QED) is 0.490. The number of nitrogens with one attached hydrogen (secondary N) is 1. The van der Waals surface area contributed by atoms with Crippen molar-refractivity contribution in [1.29, 1.82) is 0 Å². The zero-order valence-electron chi connectivity index (χ0n) is 16.4. The van der Waals surface area contributed by atoms with Gasteiger partial charge < -0.3 is 0 Å². The fraction of sp³-hybridized carbons (Fsp3) is 0.316. The van der Waals surface area contributed by atoms with Gasteiger partial charge in [-0.1, -0.05) is 25.2 Å². The second kappa shape index (κ2) is 7.19. The first kappa shape index (κ1) is 20.0. The highest BCUT2D eigenvalue weighted by Crippen LogP contribution is 2.31. The number of thiophene rings is 1. The summed E-state index contributed by atoms with van der Waals surface area (Å²) < 4.78 is 26.1. The lowest BCUT2D eigenvalue weighted by molar-refractivity contribution is 0.103. The van der Waals surface area contributed by atoms with E-state index in [1.54, 1.807) is 12.1 Å². The van der Waals surface area contributed by atoms with E-state index in [2.05, 4.69) is 29.2 Å². The van der Waals surface area contributed by atoms with E-state index >= 15 is 0 Å². The molecule has 3 heterocycles. The van der Waals surface area contributed by atoms with Crippen LogP contribution in [0.2, 0.25) is 0 Å². The maximum Gasteiger partial charge on any atom is 0.267 e. The summed E-state index contributed by atoms with van der Waals surface area (Å²) in [5, 5.41) is 8.83. The fourth-order valence-corrected chi connectivity index (χ4v) is 5.73. The Morgan fingerprint density at radius 2 is 2.00 bits per heavy atom. The Morgan fingerprint density at radius 3 is 2.69 bits per heavy atom. The van der Waals surface area contributed by atoms with Gasteiger partial charge in [-0.05, 0) is 37.1 Å². The van der Waals surface area contributed by atoms with Gasteiger partial charge in [-0.2, -0.15) is 5.10 Å². The van der Waals surface area contributed by atoms with Crippen molar-refractivity contribution in [2.45, 2.75) is 32.2 Å². The minimum Gasteiger partial charge on any atom is -0.297 e. The molecule has 4 rings (SSSR count). The first-order valence-corrected chi connectivity index (χ1v) is 12.5. The van der Waals surface area contributed by atoms with Crippen molar-refractivity contribution in [3.05, 3.63) is 34.8 Å². The summed E-state index contributed by atoms with van der Waals surface area (Å²) >= 11 is 2.67. The van der Waals surface area contributed by atoms with E-state index < -0.39 is 9.84 Å². The number of sulfone groups is 1. The highest BCUT2D eigenvalue weighted by molar-refractivity contribution is 7.90. The van der Waals surface area contributed by atoms with E-state index in [4.69, 9.17) is 0 Å². The first-order valence-electron chi connectivity index (χ1n) is 9.01. The average Bonchev–Trinajstić information content (AvgIpc) is 3.28. The number of fused-ring (bicyclic) bond motifs is 2. The van der Waals surface area contributed by atoms with Crippen molar-refractivity contribution < 1.29 is 13.2 Å². The molecule has 7 nitrogen and oxygen atoms in total. The topological polar surface area (TPSA) is 93.9 Å². The summed E-state index contributed by atoms with van der Waals surface area (Å²) in [6.45, 7) is 7.01. The Balaban J connectivity index is 1.62. The fourth-order valence-electron chi connectivity index (χ4n) is 3.04. The zero-order valence-corrected chi connectivity index (χ0v) is 18.8.